The summed E-state index contributed by atoms with van der Waals surface area (Å²) in [5.74, 6) is -0.930. The molecule has 0 saturated heterocycles. The minimum Gasteiger partial charge on any atom is -0.388 e. The van der Waals surface area contributed by atoms with E-state index in [1.54, 1.807) is 0 Å². The van der Waals surface area contributed by atoms with Gasteiger partial charge in [0, 0.05) is 23.9 Å². The number of rotatable bonds is 3. The largest absolute Gasteiger partial charge is 0.574 e. The van der Waals surface area contributed by atoms with Gasteiger partial charge in [-0.25, -0.2) is 13.8 Å². The summed E-state index contributed by atoms with van der Waals surface area (Å²) in [6.07, 6.45) is -7.04. The van der Waals surface area contributed by atoms with Crippen molar-refractivity contribution in [3.8, 4) is 5.88 Å². The molecule has 0 saturated carbocycles. The lowest BCUT2D eigenvalue weighted by molar-refractivity contribution is -0.276. The van der Waals surface area contributed by atoms with E-state index in [1.165, 1.54) is 6.92 Å². The van der Waals surface area contributed by atoms with E-state index in [-0.39, 0.29) is 5.56 Å². The van der Waals surface area contributed by atoms with E-state index in [9.17, 15) is 22.0 Å². The third kappa shape index (κ3) is 3.26. The van der Waals surface area contributed by atoms with Crippen LogP contribution in [0.25, 0.3) is 0 Å². The molecule has 1 heterocycles. The van der Waals surface area contributed by atoms with Crippen molar-refractivity contribution in [1.29, 1.82) is 0 Å². The molecule has 0 aliphatic heterocycles. The fourth-order valence-electron chi connectivity index (χ4n) is 1.35. The van der Waals surface area contributed by atoms with Crippen LogP contribution >= 0.6 is 0 Å². The van der Waals surface area contributed by atoms with Crippen molar-refractivity contribution in [2.45, 2.75) is 26.3 Å². The van der Waals surface area contributed by atoms with Gasteiger partial charge >= 0.3 is 6.36 Å². The highest BCUT2D eigenvalue weighted by molar-refractivity contribution is 5.40. The predicted octanol–water partition coefficient (Wildman–Crippen LogP) is 2.68. The SMILES string of the molecule is Cc1cnc(OC(F)(F)F)c(CN)c1C(F)F. The van der Waals surface area contributed by atoms with Gasteiger partial charge in [-0.2, -0.15) is 0 Å². The molecule has 8 heteroatoms. The molecular weight excluding hydrogens is 247 g/mol. The Morgan fingerprint density at radius 3 is 2.41 bits per heavy atom. The molecule has 0 radical (unpaired) electrons. The zero-order chi connectivity index (χ0) is 13.2. The normalized spacial score (nSPS) is 12.0. The van der Waals surface area contributed by atoms with Crippen molar-refractivity contribution in [2.75, 3.05) is 0 Å². The smallest absolute Gasteiger partial charge is 0.388 e. The third-order valence-electron chi connectivity index (χ3n) is 2.02. The maximum Gasteiger partial charge on any atom is 0.574 e. The lowest BCUT2D eigenvalue weighted by atomic mass is 10.1. The van der Waals surface area contributed by atoms with E-state index in [0.717, 1.165) is 6.20 Å². The summed E-state index contributed by atoms with van der Waals surface area (Å²) in [5.41, 5.74) is 4.22. The number of halogens is 5. The molecule has 0 unspecified atom stereocenters. The predicted molar refractivity (Wildman–Crippen MR) is 48.5 cm³/mol. The Balaban J connectivity index is 3.28. The molecule has 0 aliphatic rings. The second kappa shape index (κ2) is 4.82. The Morgan fingerprint density at radius 1 is 1.41 bits per heavy atom. The number of hydrogen-bond acceptors (Lipinski definition) is 3. The van der Waals surface area contributed by atoms with E-state index in [2.05, 4.69) is 9.72 Å². The zero-order valence-electron chi connectivity index (χ0n) is 8.68. The molecule has 0 bridgehead atoms. The van der Waals surface area contributed by atoms with Gasteiger partial charge in [-0.1, -0.05) is 0 Å². The van der Waals surface area contributed by atoms with Crippen molar-refractivity contribution in [2.24, 2.45) is 5.73 Å². The number of alkyl halides is 5. The van der Waals surface area contributed by atoms with Crippen LogP contribution < -0.4 is 10.5 Å². The molecule has 1 rings (SSSR count). The van der Waals surface area contributed by atoms with Crippen LogP contribution in [-0.2, 0) is 6.54 Å². The van der Waals surface area contributed by atoms with E-state index < -0.39 is 36.3 Å². The van der Waals surface area contributed by atoms with Gasteiger partial charge in [-0.05, 0) is 12.5 Å². The molecule has 0 fully saturated rings. The summed E-state index contributed by atoms with van der Waals surface area (Å²) in [6.45, 7) is 0.796. The molecule has 0 aromatic carbocycles. The van der Waals surface area contributed by atoms with Crippen molar-refractivity contribution in [3.63, 3.8) is 0 Å². The first-order valence-corrected chi connectivity index (χ1v) is 4.48. The first-order valence-electron chi connectivity index (χ1n) is 4.48. The molecule has 0 aliphatic carbocycles. The number of ether oxygens (including phenoxy) is 1. The van der Waals surface area contributed by atoms with Crippen molar-refractivity contribution in [3.05, 3.63) is 22.9 Å². The Morgan fingerprint density at radius 2 is 2.00 bits per heavy atom. The highest BCUT2D eigenvalue weighted by Gasteiger charge is 2.34. The summed E-state index contributed by atoms with van der Waals surface area (Å²) < 4.78 is 64.9. The molecule has 0 amide bonds. The molecule has 2 N–H and O–H groups in total. The molecule has 1 aromatic rings. The van der Waals surface area contributed by atoms with E-state index >= 15 is 0 Å². The molecule has 17 heavy (non-hydrogen) atoms. The van der Waals surface area contributed by atoms with Gasteiger partial charge in [-0.3, -0.25) is 0 Å². The summed E-state index contributed by atoms with van der Waals surface area (Å²) in [4.78, 5) is 3.32. The summed E-state index contributed by atoms with van der Waals surface area (Å²) in [6, 6.07) is 0. The van der Waals surface area contributed by atoms with Crippen molar-refractivity contribution >= 4 is 0 Å². The quantitative estimate of drug-likeness (QED) is 0.846. The average molecular weight is 256 g/mol. The fraction of sp³-hybridized carbons (Fsp3) is 0.444. The van der Waals surface area contributed by atoms with Crippen LogP contribution in [0.1, 0.15) is 23.1 Å². The van der Waals surface area contributed by atoms with Crippen LogP contribution in [-0.4, -0.2) is 11.3 Å². The number of aromatic nitrogens is 1. The van der Waals surface area contributed by atoms with Gasteiger partial charge in [0.25, 0.3) is 6.43 Å². The van der Waals surface area contributed by atoms with Crippen LogP contribution in [0.4, 0.5) is 22.0 Å². The standard InChI is InChI=1S/C9H9F5N2O/c1-4-3-16-8(17-9(12,13)14)5(2-15)6(4)7(10)11/h3,7H,2,15H2,1H3. The Kier molecular flexibility index (Phi) is 3.87. The van der Waals surface area contributed by atoms with Gasteiger partial charge < -0.3 is 10.5 Å². The second-order valence-corrected chi connectivity index (χ2v) is 3.19. The molecule has 0 atom stereocenters. The maximum atomic E-state index is 12.7. The lowest BCUT2D eigenvalue weighted by Gasteiger charge is -2.15. The fourth-order valence-corrected chi connectivity index (χ4v) is 1.35. The van der Waals surface area contributed by atoms with Gasteiger partial charge in [0.05, 0.1) is 0 Å². The van der Waals surface area contributed by atoms with Gasteiger partial charge in [0.15, 0.2) is 0 Å². The lowest BCUT2D eigenvalue weighted by Crippen LogP contribution is -2.20. The van der Waals surface area contributed by atoms with Gasteiger partial charge in [0.1, 0.15) is 0 Å². The van der Waals surface area contributed by atoms with Gasteiger partial charge in [0.2, 0.25) is 5.88 Å². The number of hydrogen-bond donors (Lipinski definition) is 1. The molecule has 96 valence electrons. The van der Waals surface area contributed by atoms with E-state index in [1.807, 2.05) is 0 Å². The van der Waals surface area contributed by atoms with Crippen molar-refractivity contribution in [1.82, 2.24) is 4.98 Å². The number of nitrogens with two attached hydrogens (primary N) is 1. The topological polar surface area (TPSA) is 48.1 Å². The molecule has 3 nitrogen and oxygen atoms in total. The molecule has 0 spiro atoms. The van der Waals surface area contributed by atoms with Crippen LogP contribution in [0.3, 0.4) is 0 Å². The first kappa shape index (κ1) is 13.6. The summed E-state index contributed by atoms with van der Waals surface area (Å²) in [5, 5.41) is 0. The molecule has 1 aromatic heterocycles. The van der Waals surface area contributed by atoms with Crippen LogP contribution in [0, 0.1) is 6.92 Å². The van der Waals surface area contributed by atoms with Gasteiger partial charge in [-0.15, -0.1) is 13.2 Å². The van der Waals surface area contributed by atoms with Crippen LogP contribution in [0.2, 0.25) is 0 Å². The monoisotopic (exact) mass is 256 g/mol. The Labute approximate surface area is 93.4 Å². The highest BCUT2D eigenvalue weighted by Crippen LogP contribution is 2.33. The van der Waals surface area contributed by atoms with E-state index in [4.69, 9.17) is 5.73 Å². The third-order valence-corrected chi connectivity index (χ3v) is 2.02. The van der Waals surface area contributed by atoms with E-state index in [0.29, 0.717) is 0 Å². The summed E-state index contributed by atoms with van der Waals surface area (Å²) >= 11 is 0. The van der Waals surface area contributed by atoms with Crippen LogP contribution in [0.5, 0.6) is 5.88 Å². The zero-order valence-corrected chi connectivity index (χ0v) is 8.68. The van der Waals surface area contributed by atoms with Crippen molar-refractivity contribution < 1.29 is 26.7 Å². The number of pyridine rings is 1. The Hall–Kier alpha value is -1.44. The Bertz CT molecular complexity index is 405. The minimum atomic E-state index is -4.99. The maximum absolute atomic E-state index is 12.7. The average Bonchev–Trinajstić information content (AvgIpc) is 2.17. The first-order chi connectivity index (χ1) is 7.76. The minimum absolute atomic E-state index is 0.0648. The second-order valence-electron chi connectivity index (χ2n) is 3.19. The number of aryl methyl sites for hydroxylation is 1. The summed E-state index contributed by atoms with van der Waals surface area (Å²) in [7, 11) is 0. The molecular formula is C9H9F5N2O. The number of nitrogens with zero attached hydrogens (tertiary/aromatic N) is 1. The van der Waals surface area contributed by atoms with Crippen LogP contribution in [0.15, 0.2) is 6.20 Å². The highest BCUT2D eigenvalue weighted by atomic mass is 19.4.